The summed E-state index contributed by atoms with van der Waals surface area (Å²) in [6, 6.07) is 12.5. The third-order valence-corrected chi connectivity index (χ3v) is 5.12. The summed E-state index contributed by atoms with van der Waals surface area (Å²) < 4.78 is 5.93. The number of nitrogens with one attached hydrogen (secondary N) is 1. The number of benzene rings is 2. The largest absolute Gasteiger partial charge is 0.493 e. The molecule has 30 heavy (non-hydrogen) atoms. The Balaban J connectivity index is 1.95. The highest BCUT2D eigenvalue weighted by atomic mass is 35.5. The van der Waals surface area contributed by atoms with Gasteiger partial charge < -0.3 is 9.64 Å². The summed E-state index contributed by atoms with van der Waals surface area (Å²) in [6.07, 6.45) is 2.44. The number of halogens is 1. The van der Waals surface area contributed by atoms with Crippen LogP contribution < -0.4 is 20.1 Å². The smallest absolute Gasteiger partial charge is 0.282 e. The Hall–Kier alpha value is -2.99. The van der Waals surface area contributed by atoms with Gasteiger partial charge >= 0.3 is 0 Å². The number of amides is 2. The summed E-state index contributed by atoms with van der Waals surface area (Å²) in [5.41, 5.74) is 4.93. The first-order valence-corrected chi connectivity index (χ1v) is 10.5. The van der Waals surface area contributed by atoms with E-state index in [0.717, 1.165) is 25.2 Å². The molecule has 2 aromatic carbocycles. The maximum absolute atomic E-state index is 12.9. The van der Waals surface area contributed by atoms with Gasteiger partial charge in [-0.2, -0.15) is 0 Å². The maximum Gasteiger partial charge on any atom is 0.282 e. The molecule has 0 radical (unpaired) electrons. The van der Waals surface area contributed by atoms with Crippen LogP contribution in [0.4, 0.5) is 11.4 Å². The van der Waals surface area contributed by atoms with Crippen LogP contribution in [-0.4, -0.2) is 31.5 Å². The Labute approximate surface area is 182 Å². The summed E-state index contributed by atoms with van der Waals surface area (Å²) in [4.78, 5) is 27.6. The van der Waals surface area contributed by atoms with Gasteiger partial charge in [0.25, 0.3) is 11.8 Å². The molecule has 6 nitrogen and oxygen atoms in total. The second kappa shape index (κ2) is 9.67. The second-order valence-corrected chi connectivity index (χ2v) is 7.30. The lowest BCUT2D eigenvalue weighted by molar-refractivity contribution is -0.117. The first-order valence-electron chi connectivity index (χ1n) is 10.1. The molecular weight excluding hydrogens is 402 g/mol. The van der Waals surface area contributed by atoms with Crippen LogP contribution >= 0.6 is 11.6 Å². The standard InChI is InChI=1S/C23H26ClN3O3/c1-4-13-30-21-15-19(26(5-2)6-3)10-7-16(21)14-20-22(28)25-27(23(20)29)18-11-8-17(24)9-12-18/h7-12,14-15H,4-6,13H2,1-3H3,(H,25,28). The Morgan fingerprint density at radius 1 is 1.07 bits per heavy atom. The summed E-state index contributed by atoms with van der Waals surface area (Å²) in [5, 5.41) is 1.78. The first-order chi connectivity index (χ1) is 14.5. The highest BCUT2D eigenvalue weighted by Crippen LogP contribution is 2.30. The Morgan fingerprint density at radius 3 is 2.40 bits per heavy atom. The lowest BCUT2D eigenvalue weighted by Crippen LogP contribution is -2.35. The Kier molecular flexibility index (Phi) is 7.00. The van der Waals surface area contributed by atoms with E-state index < -0.39 is 11.8 Å². The summed E-state index contributed by atoms with van der Waals surface area (Å²) in [7, 11) is 0. The third-order valence-electron chi connectivity index (χ3n) is 4.86. The lowest BCUT2D eigenvalue weighted by atomic mass is 10.1. The molecule has 1 aliphatic heterocycles. The third kappa shape index (κ3) is 4.60. The molecule has 158 valence electrons. The summed E-state index contributed by atoms with van der Waals surface area (Å²) in [6.45, 7) is 8.53. The normalized spacial score (nSPS) is 14.9. The molecule has 1 aliphatic rings. The molecule has 3 rings (SSSR count). The molecule has 2 aromatic rings. The molecule has 0 aromatic heterocycles. The van der Waals surface area contributed by atoms with Crippen molar-refractivity contribution in [1.29, 1.82) is 0 Å². The zero-order valence-electron chi connectivity index (χ0n) is 17.4. The van der Waals surface area contributed by atoms with Crippen LogP contribution in [0.2, 0.25) is 5.02 Å². The zero-order valence-corrected chi connectivity index (χ0v) is 18.2. The minimum atomic E-state index is -0.454. The number of carbonyl (C=O) groups excluding carboxylic acids is 2. The van der Waals surface area contributed by atoms with Crippen molar-refractivity contribution in [3.8, 4) is 5.75 Å². The van der Waals surface area contributed by atoms with Crippen molar-refractivity contribution < 1.29 is 14.3 Å². The first kappa shape index (κ1) is 21.7. The number of hydrogen-bond donors (Lipinski definition) is 1. The van der Waals surface area contributed by atoms with Gasteiger partial charge in [-0.1, -0.05) is 18.5 Å². The monoisotopic (exact) mass is 427 g/mol. The number of rotatable bonds is 8. The molecule has 0 saturated carbocycles. The fourth-order valence-electron chi connectivity index (χ4n) is 3.25. The molecule has 1 heterocycles. The van der Waals surface area contributed by atoms with E-state index in [1.54, 1.807) is 30.3 Å². The van der Waals surface area contributed by atoms with Crippen molar-refractivity contribution in [3.63, 3.8) is 0 Å². The van der Waals surface area contributed by atoms with Crippen LogP contribution in [0.5, 0.6) is 5.75 Å². The van der Waals surface area contributed by atoms with Crippen LogP contribution in [0.25, 0.3) is 6.08 Å². The van der Waals surface area contributed by atoms with E-state index in [0.29, 0.717) is 28.6 Å². The predicted octanol–water partition coefficient (Wildman–Crippen LogP) is 4.44. The molecule has 0 aliphatic carbocycles. The fourth-order valence-corrected chi connectivity index (χ4v) is 3.38. The topological polar surface area (TPSA) is 61.9 Å². The van der Waals surface area contributed by atoms with Crippen molar-refractivity contribution in [3.05, 3.63) is 58.6 Å². The molecule has 0 unspecified atom stereocenters. The van der Waals surface area contributed by atoms with Crippen molar-refractivity contribution >= 4 is 40.9 Å². The number of carbonyl (C=O) groups is 2. The zero-order chi connectivity index (χ0) is 21.7. The van der Waals surface area contributed by atoms with E-state index in [4.69, 9.17) is 16.3 Å². The molecule has 1 fully saturated rings. The van der Waals surface area contributed by atoms with E-state index in [9.17, 15) is 9.59 Å². The van der Waals surface area contributed by atoms with E-state index in [1.165, 1.54) is 5.01 Å². The molecular formula is C23H26ClN3O3. The molecule has 1 saturated heterocycles. The lowest BCUT2D eigenvalue weighted by Gasteiger charge is -2.22. The van der Waals surface area contributed by atoms with Crippen molar-refractivity contribution in [1.82, 2.24) is 5.43 Å². The van der Waals surface area contributed by atoms with Crippen LogP contribution in [0.1, 0.15) is 32.8 Å². The van der Waals surface area contributed by atoms with Crippen LogP contribution in [0, 0.1) is 0 Å². The highest BCUT2D eigenvalue weighted by molar-refractivity contribution is 6.32. The van der Waals surface area contributed by atoms with Gasteiger partial charge in [0.15, 0.2) is 0 Å². The number of nitrogens with zero attached hydrogens (tertiary/aromatic N) is 2. The number of anilines is 2. The van der Waals surface area contributed by atoms with Crippen LogP contribution in [-0.2, 0) is 9.59 Å². The molecule has 1 N–H and O–H groups in total. The highest BCUT2D eigenvalue weighted by Gasteiger charge is 2.34. The van der Waals surface area contributed by atoms with Gasteiger partial charge in [-0.3, -0.25) is 15.0 Å². The van der Waals surface area contributed by atoms with Crippen LogP contribution in [0.15, 0.2) is 48.0 Å². The molecule has 0 spiro atoms. The summed E-state index contributed by atoms with van der Waals surface area (Å²) in [5.74, 6) is -0.222. The van der Waals surface area contributed by atoms with Gasteiger partial charge in [0.05, 0.1) is 12.3 Å². The SMILES string of the molecule is CCCOc1cc(N(CC)CC)ccc1C=C1C(=O)NN(c2ccc(Cl)cc2)C1=O. The van der Waals surface area contributed by atoms with Gasteiger partial charge in [-0.25, -0.2) is 5.01 Å². The molecule has 0 atom stereocenters. The Morgan fingerprint density at radius 2 is 1.77 bits per heavy atom. The van der Waals surface area contributed by atoms with E-state index in [-0.39, 0.29) is 5.57 Å². The maximum atomic E-state index is 12.9. The number of hydrazine groups is 1. The van der Waals surface area contributed by atoms with E-state index >= 15 is 0 Å². The van der Waals surface area contributed by atoms with Gasteiger partial charge in [-0.15, -0.1) is 0 Å². The molecule has 2 amide bonds. The minimum absolute atomic E-state index is 0.0573. The van der Waals surface area contributed by atoms with Crippen molar-refractivity contribution in [2.45, 2.75) is 27.2 Å². The quantitative estimate of drug-likeness (QED) is 0.500. The van der Waals surface area contributed by atoms with Gasteiger partial charge in [0.1, 0.15) is 11.3 Å². The number of hydrogen-bond acceptors (Lipinski definition) is 4. The van der Waals surface area contributed by atoms with Crippen molar-refractivity contribution in [2.24, 2.45) is 0 Å². The van der Waals surface area contributed by atoms with E-state index in [1.807, 2.05) is 25.1 Å². The average molecular weight is 428 g/mol. The van der Waals surface area contributed by atoms with Crippen LogP contribution in [0.3, 0.4) is 0 Å². The van der Waals surface area contributed by atoms with Gasteiger partial charge in [0, 0.05) is 35.4 Å². The molecule has 7 heteroatoms. The number of ether oxygens (including phenoxy) is 1. The van der Waals surface area contributed by atoms with E-state index in [2.05, 4.69) is 24.2 Å². The van der Waals surface area contributed by atoms with Gasteiger partial charge in [-0.05, 0) is 62.7 Å². The predicted molar refractivity (Wildman–Crippen MR) is 121 cm³/mol. The molecule has 0 bridgehead atoms. The summed E-state index contributed by atoms with van der Waals surface area (Å²) >= 11 is 5.91. The second-order valence-electron chi connectivity index (χ2n) is 6.86. The average Bonchev–Trinajstić information content (AvgIpc) is 3.03. The Bertz CT molecular complexity index is 953. The fraction of sp³-hybridized carbons (Fsp3) is 0.304. The minimum Gasteiger partial charge on any atom is -0.493 e. The van der Waals surface area contributed by atoms with Crippen molar-refractivity contribution in [2.75, 3.05) is 29.6 Å². The van der Waals surface area contributed by atoms with Gasteiger partial charge in [0.2, 0.25) is 0 Å².